The molecule has 2 aromatic rings. The van der Waals surface area contributed by atoms with E-state index in [9.17, 15) is 9.90 Å². The molecule has 1 aromatic carbocycles. The van der Waals surface area contributed by atoms with E-state index in [1.54, 1.807) is 4.90 Å². The maximum atomic E-state index is 12.6. The molecule has 24 heavy (non-hydrogen) atoms. The summed E-state index contributed by atoms with van der Waals surface area (Å²) in [6, 6.07) is 8.08. The van der Waals surface area contributed by atoms with E-state index in [-0.39, 0.29) is 18.2 Å². The molecule has 0 unspecified atom stereocenters. The van der Waals surface area contributed by atoms with Gasteiger partial charge in [0.15, 0.2) is 0 Å². The number of carbonyl (C=O) groups excluding carboxylic acids is 1. The SMILES string of the molecule is Cc1ccc(C[C@@]2(CO)CN(C(=O)c3[nH]ncc3Cl)CCO2)cc1. The number of carbonyl (C=O) groups is 1. The Morgan fingerprint density at radius 1 is 1.46 bits per heavy atom. The minimum Gasteiger partial charge on any atom is -0.393 e. The van der Waals surface area contributed by atoms with E-state index in [4.69, 9.17) is 16.3 Å². The Morgan fingerprint density at radius 2 is 2.21 bits per heavy atom. The summed E-state index contributed by atoms with van der Waals surface area (Å²) in [5.74, 6) is -0.234. The smallest absolute Gasteiger partial charge is 0.273 e. The molecule has 1 aliphatic rings. The Kier molecular flexibility index (Phi) is 4.89. The van der Waals surface area contributed by atoms with Crippen molar-refractivity contribution in [2.45, 2.75) is 18.9 Å². The highest BCUT2D eigenvalue weighted by Gasteiger charge is 2.39. The fraction of sp³-hybridized carbons (Fsp3) is 0.412. The first kappa shape index (κ1) is 17.0. The lowest BCUT2D eigenvalue weighted by Gasteiger charge is -2.41. The zero-order valence-corrected chi connectivity index (χ0v) is 14.2. The molecule has 0 bridgehead atoms. The number of aliphatic hydroxyl groups excluding tert-OH is 1. The van der Waals surface area contributed by atoms with Gasteiger partial charge < -0.3 is 14.7 Å². The van der Waals surface area contributed by atoms with Crippen molar-refractivity contribution in [1.29, 1.82) is 0 Å². The fourth-order valence-corrected chi connectivity index (χ4v) is 3.11. The molecule has 1 aliphatic heterocycles. The molecule has 0 radical (unpaired) electrons. The van der Waals surface area contributed by atoms with Gasteiger partial charge >= 0.3 is 0 Å². The van der Waals surface area contributed by atoms with Crippen LogP contribution in [-0.4, -0.2) is 58.0 Å². The van der Waals surface area contributed by atoms with Crippen molar-refractivity contribution in [2.24, 2.45) is 0 Å². The van der Waals surface area contributed by atoms with Crippen LogP contribution in [-0.2, 0) is 11.2 Å². The lowest BCUT2D eigenvalue weighted by molar-refractivity contribution is -0.123. The number of hydrogen-bond donors (Lipinski definition) is 2. The monoisotopic (exact) mass is 349 g/mol. The zero-order valence-electron chi connectivity index (χ0n) is 13.5. The summed E-state index contributed by atoms with van der Waals surface area (Å²) in [5.41, 5.74) is 1.69. The van der Waals surface area contributed by atoms with Gasteiger partial charge in [-0.1, -0.05) is 41.4 Å². The number of aromatic amines is 1. The van der Waals surface area contributed by atoms with Gasteiger partial charge in [0.2, 0.25) is 0 Å². The third kappa shape index (κ3) is 3.45. The lowest BCUT2D eigenvalue weighted by Crippen LogP contribution is -2.56. The van der Waals surface area contributed by atoms with Gasteiger partial charge in [0.05, 0.1) is 31.0 Å². The maximum absolute atomic E-state index is 12.6. The Hall–Kier alpha value is -1.89. The summed E-state index contributed by atoms with van der Waals surface area (Å²) >= 11 is 5.98. The van der Waals surface area contributed by atoms with Gasteiger partial charge in [0.1, 0.15) is 11.3 Å². The van der Waals surface area contributed by atoms with Crippen molar-refractivity contribution >= 4 is 17.5 Å². The number of morpholine rings is 1. The first-order chi connectivity index (χ1) is 11.5. The van der Waals surface area contributed by atoms with E-state index in [1.165, 1.54) is 11.8 Å². The third-order valence-corrected chi connectivity index (χ3v) is 4.56. The van der Waals surface area contributed by atoms with E-state index in [2.05, 4.69) is 10.2 Å². The molecule has 128 valence electrons. The number of benzene rings is 1. The van der Waals surface area contributed by atoms with Crippen LogP contribution in [0.15, 0.2) is 30.5 Å². The van der Waals surface area contributed by atoms with Crippen molar-refractivity contribution in [1.82, 2.24) is 15.1 Å². The van der Waals surface area contributed by atoms with E-state index in [0.29, 0.717) is 31.1 Å². The number of nitrogens with zero attached hydrogens (tertiary/aromatic N) is 2. The van der Waals surface area contributed by atoms with Crippen molar-refractivity contribution in [3.8, 4) is 0 Å². The van der Waals surface area contributed by atoms with Crippen LogP contribution in [0, 0.1) is 6.92 Å². The van der Waals surface area contributed by atoms with Crippen LogP contribution in [0.2, 0.25) is 5.02 Å². The Morgan fingerprint density at radius 3 is 2.83 bits per heavy atom. The molecule has 1 atom stereocenters. The Bertz CT molecular complexity index is 716. The number of ether oxygens (including phenoxy) is 1. The second-order valence-electron chi connectivity index (χ2n) is 6.17. The molecule has 1 fully saturated rings. The predicted molar refractivity (Wildman–Crippen MR) is 90.2 cm³/mol. The van der Waals surface area contributed by atoms with E-state index >= 15 is 0 Å². The van der Waals surface area contributed by atoms with Gasteiger partial charge in [-0.05, 0) is 12.5 Å². The molecule has 1 saturated heterocycles. The van der Waals surface area contributed by atoms with Crippen molar-refractivity contribution in [3.05, 3.63) is 52.3 Å². The number of aromatic nitrogens is 2. The van der Waals surface area contributed by atoms with Crippen LogP contribution in [0.25, 0.3) is 0 Å². The molecule has 0 spiro atoms. The molecule has 2 N–H and O–H groups in total. The van der Waals surface area contributed by atoms with Gasteiger partial charge in [-0.2, -0.15) is 5.10 Å². The molecular formula is C17H20ClN3O3. The second kappa shape index (κ2) is 6.93. The Labute approximate surface area is 145 Å². The van der Waals surface area contributed by atoms with Crippen LogP contribution in [0.5, 0.6) is 0 Å². The number of rotatable bonds is 4. The molecule has 0 saturated carbocycles. The number of aryl methyl sites for hydroxylation is 1. The minimum atomic E-state index is -0.810. The van der Waals surface area contributed by atoms with Crippen LogP contribution < -0.4 is 0 Å². The number of nitrogens with one attached hydrogen (secondary N) is 1. The largest absolute Gasteiger partial charge is 0.393 e. The summed E-state index contributed by atoms with van der Waals surface area (Å²) in [7, 11) is 0. The van der Waals surface area contributed by atoms with Gasteiger partial charge in [-0.3, -0.25) is 9.89 Å². The average molecular weight is 350 g/mol. The molecule has 2 heterocycles. The molecule has 3 rings (SSSR count). The molecule has 0 aliphatic carbocycles. The van der Waals surface area contributed by atoms with Crippen LogP contribution in [0.1, 0.15) is 21.6 Å². The van der Waals surface area contributed by atoms with Gasteiger partial charge in [0.25, 0.3) is 5.91 Å². The first-order valence-electron chi connectivity index (χ1n) is 7.81. The Balaban J connectivity index is 1.77. The first-order valence-corrected chi connectivity index (χ1v) is 8.19. The molecule has 1 amide bonds. The molecular weight excluding hydrogens is 330 g/mol. The average Bonchev–Trinajstić information content (AvgIpc) is 3.02. The van der Waals surface area contributed by atoms with E-state index in [1.807, 2.05) is 31.2 Å². The van der Waals surface area contributed by atoms with Crippen LogP contribution in [0.3, 0.4) is 0 Å². The fourth-order valence-electron chi connectivity index (χ4n) is 2.93. The van der Waals surface area contributed by atoms with Crippen LogP contribution >= 0.6 is 11.6 Å². The van der Waals surface area contributed by atoms with E-state index < -0.39 is 5.60 Å². The predicted octanol–water partition coefficient (Wildman–Crippen LogP) is 1.82. The number of H-pyrrole nitrogens is 1. The number of hydrogen-bond acceptors (Lipinski definition) is 4. The van der Waals surface area contributed by atoms with Crippen molar-refractivity contribution in [3.63, 3.8) is 0 Å². The topological polar surface area (TPSA) is 78.5 Å². The molecule has 1 aromatic heterocycles. The third-order valence-electron chi connectivity index (χ3n) is 4.28. The molecule has 7 heteroatoms. The normalized spacial score (nSPS) is 21.0. The summed E-state index contributed by atoms with van der Waals surface area (Å²) in [5, 5.41) is 16.6. The lowest BCUT2D eigenvalue weighted by atomic mass is 9.92. The zero-order chi connectivity index (χ0) is 17.2. The number of halogens is 1. The summed E-state index contributed by atoms with van der Waals surface area (Å²) < 4.78 is 5.87. The second-order valence-corrected chi connectivity index (χ2v) is 6.58. The summed E-state index contributed by atoms with van der Waals surface area (Å²) in [4.78, 5) is 14.3. The summed E-state index contributed by atoms with van der Waals surface area (Å²) in [6.45, 7) is 2.97. The quantitative estimate of drug-likeness (QED) is 0.882. The van der Waals surface area contributed by atoms with Crippen molar-refractivity contribution in [2.75, 3.05) is 26.3 Å². The highest BCUT2D eigenvalue weighted by molar-refractivity contribution is 6.33. The van der Waals surface area contributed by atoms with Gasteiger partial charge in [-0.15, -0.1) is 0 Å². The number of aliphatic hydroxyl groups is 1. The van der Waals surface area contributed by atoms with Gasteiger partial charge in [0, 0.05) is 13.0 Å². The number of amides is 1. The van der Waals surface area contributed by atoms with Crippen molar-refractivity contribution < 1.29 is 14.6 Å². The minimum absolute atomic E-state index is 0.165. The summed E-state index contributed by atoms with van der Waals surface area (Å²) in [6.07, 6.45) is 1.94. The van der Waals surface area contributed by atoms with Gasteiger partial charge in [-0.25, -0.2) is 0 Å². The highest BCUT2D eigenvalue weighted by Crippen LogP contribution is 2.25. The maximum Gasteiger partial charge on any atom is 0.273 e. The van der Waals surface area contributed by atoms with Crippen LogP contribution in [0.4, 0.5) is 0 Å². The van der Waals surface area contributed by atoms with E-state index in [0.717, 1.165) is 5.56 Å². The molecule has 6 nitrogen and oxygen atoms in total. The highest BCUT2D eigenvalue weighted by atomic mass is 35.5. The standard InChI is InChI=1S/C17H20ClN3O3/c1-12-2-4-13(5-3-12)8-17(11-22)10-21(6-7-24-17)16(23)15-14(18)9-19-20-15/h2-5,9,22H,6-8,10-11H2,1H3,(H,19,20)/t17-/m0/s1.